The van der Waals surface area contributed by atoms with Crippen LogP contribution in [0.1, 0.15) is 25.6 Å². The van der Waals surface area contributed by atoms with Crippen molar-refractivity contribution in [3.8, 4) is 6.07 Å². The molecule has 0 spiro atoms. The molecule has 2 rings (SSSR count). The molecule has 1 N–H and O–H groups in total. The largest absolute Gasteiger partial charge is 0.354 e. The highest BCUT2D eigenvalue weighted by atomic mass is 16.1. The Morgan fingerprint density at radius 3 is 3.00 bits per heavy atom. The van der Waals surface area contributed by atoms with Gasteiger partial charge in [-0.25, -0.2) is 4.98 Å². The molecule has 1 aromatic carbocycles. The van der Waals surface area contributed by atoms with Gasteiger partial charge in [0, 0.05) is 13.0 Å². The van der Waals surface area contributed by atoms with Crippen molar-refractivity contribution in [1.29, 1.82) is 5.26 Å². The Balaban J connectivity index is 2.20. The second-order valence-corrected chi connectivity index (χ2v) is 4.61. The molecule has 0 radical (unpaired) electrons. The van der Waals surface area contributed by atoms with Crippen LogP contribution < -0.4 is 5.32 Å². The lowest BCUT2D eigenvalue weighted by Gasteiger charge is -2.08. The number of aryl methyl sites for hydroxylation is 1. The van der Waals surface area contributed by atoms with Crippen molar-refractivity contribution in [2.45, 2.75) is 32.7 Å². The molecule has 0 saturated heterocycles. The Kier molecular flexibility index (Phi) is 4.72. The summed E-state index contributed by atoms with van der Waals surface area (Å²) in [5.74, 6) is 0.852. The molecule has 2 aromatic rings. The number of nitriles is 1. The van der Waals surface area contributed by atoms with E-state index in [1.165, 1.54) is 0 Å². The van der Waals surface area contributed by atoms with E-state index < -0.39 is 0 Å². The third-order valence-electron chi connectivity index (χ3n) is 3.07. The van der Waals surface area contributed by atoms with Gasteiger partial charge in [0.25, 0.3) is 0 Å². The number of carbonyl (C=O) groups is 1. The van der Waals surface area contributed by atoms with E-state index in [9.17, 15) is 4.79 Å². The van der Waals surface area contributed by atoms with Gasteiger partial charge < -0.3 is 9.88 Å². The van der Waals surface area contributed by atoms with Gasteiger partial charge in [-0.3, -0.25) is 4.79 Å². The van der Waals surface area contributed by atoms with Crippen LogP contribution >= 0.6 is 0 Å². The molecule has 5 nitrogen and oxygen atoms in total. The molecular formula is C15H18N4O. The van der Waals surface area contributed by atoms with Crippen LogP contribution in [0.2, 0.25) is 0 Å². The Labute approximate surface area is 118 Å². The molecule has 1 heterocycles. The van der Waals surface area contributed by atoms with Crippen molar-refractivity contribution in [3.05, 3.63) is 30.1 Å². The summed E-state index contributed by atoms with van der Waals surface area (Å²) >= 11 is 0. The number of para-hydroxylation sites is 2. The summed E-state index contributed by atoms with van der Waals surface area (Å²) < 4.78 is 1.96. The van der Waals surface area contributed by atoms with E-state index in [1.807, 2.05) is 34.9 Å². The van der Waals surface area contributed by atoms with Gasteiger partial charge in [0.2, 0.25) is 5.91 Å². The van der Waals surface area contributed by atoms with Crippen molar-refractivity contribution in [1.82, 2.24) is 14.9 Å². The molecule has 5 heteroatoms. The number of carbonyl (C=O) groups excluding carboxylic acids is 1. The average Bonchev–Trinajstić information content (AvgIpc) is 2.78. The molecule has 0 atom stereocenters. The molecule has 0 fully saturated rings. The summed E-state index contributed by atoms with van der Waals surface area (Å²) in [7, 11) is 0. The third-order valence-corrected chi connectivity index (χ3v) is 3.07. The second-order valence-electron chi connectivity index (χ2n) is 4.61. The van der Waals surface area contributed by atoms with Gasteiger partial charge in [-0.05, 0) is 18.6 Å². The first-order valence-electron chi connectivity index (χ1n) is 6.84. The molecule has 0 saturated carbocycles. The molecule has 1 amide bonds. The number of aromatic nitrogens is 2. The van der Waals surface area contributed by atoms with Crippen LogP contribution in [0.15, 0.2) is 24.3 Å². The smallest absolute Gasteiger partial charge is 0.240 e. The zero-order valence-electron chi connectivity index (χ0n) is 11.6. The lowest BCUT2D eigenvalue weighted by Crippen LogP contribution is -2.28. The fourth-order valence-electron chi connectivity index (χ4n) is 2.17. The summed E-state index contributed by atoms with van der Waals surface area (Å²) in [6.45, 7) is 2.74. The SMILES string of the molecule is CCCc1nc2ccccc2n1CC(=O)NCCC#N. The number of rotatable bonds is 6. The van der Waals surface area contributed by atoms with Crippen LogP contribution in [0, 0.1) is 11.3 Å². The maximum atomic E-state index is 11.9. The molecular weight excluding hydrogens is 252 g/mol. The van der Waals surface area contributed by atoms with Crippen LogP contribution in [0.25, 0.3) is 11.0 Å². The molecule has 104 valence electrons. The van der Waals surface area contributed by atoms with E-state index in [1.54, 1.807) is 0 Å². The Morgan fingerprint density at radius 1 is 1.45 bits per heavy atom. The Morgan fingerprint density at radius 2 is 2.25 bits per heavy atom. The Hall–Kier alpha value is -2.35. The molecule has 1 aromatic heterocycles. The van der Waals surface area contributed by atoms with E-state index in [0.29, 0.717) is 13.0 Å². The number of hydrogen-bond donors (Lipinski definition) is 1. The van der Waals surface area contributed by atoms with E-state index in [0.717, 1.165) is 29.7 Å². The van der Waals surface area contributed by atoms with Crippen LogP contribution in [-0.4, -0.2) is 22.0 Å². The lowest BCUT2D eigenvalue weighted by atomic mass is 10.3. The molecule has 20 heavy (non-hydrogen) atoms. The predicted octanol–water partition coefficient (Wildman–Crippen LogP) is 2.02. The lowest BCUT2D eigenvalue weighted by molar-refractivity contribution is -0.121. The van der Waals surface area contributed by atoms with Crippen LogP contribution in [0.4, 0.5) is 0 Å². The normalized spacial score (nSPS) is 10.4. The molecule has 0 aliphatic carbocycles. The summed E-state index contributed by atoms with van der Waals surface area (Å²) in [4.78, 5) is 16.5. The standard InChI is InChI=1S/C15H18N4O/c1-2-6-14-18-12-7-3-4-8-13(12)19(14)11-15(20)17-10-5-9-16/h3-4,7-8H,2,5-6,10-11H2,1H3,(H,17,20). The predicted molar refractivity (Wildman–Crippen MR) is 77.0 cm³/mol. The van der Waals surface area contributed by atoms with E-state index in [-0.39, 0.29) is 12.5 Å². The number of imidazole rings is 1. The third kappa shape index (κ3) is 3.15. The van der Waals surface area contributed by atoms with E-state index in [4.69, 9.17) is 5.26 Å². The highest BCUT2D eigenvalue weighted by Gasteiger charge is 2.12. The fourth-order valence-corrected chi connectivity index (χ4v) is 2.17. The average molecular weight is 270 g/mol. The molecule has 0 bridgehead atoms. The fraction of sp³-hybridized carbons (Fsp3) is 0.400. The first kappa shape index (κ1) is 14.1. The van der Waals surface area contributed by atoms with E-state index in [2.05, 4.69) is 17.2 Å². The van der Waals surface area contributed by atoms with Crippen LogP contribution in [-0.2, 0) is 17.8 Å². The van der Waals surface area contributed by atoms with Crippen molar-refractivity contribution < 1.29 is 4.79 Å². The summed E-state index contributed by atoms with van der Waals surface area (Å²) in [5, 5.41) is 11.2. The van der Waals surface area contributed by atoms with Crippen molar-refractivity contribution in [2.75, 3.05) is 6.54 Å². The Bertz CT molecular complexity index is 639. The first-order valence-corrected chi connectivity index (χ1v) is 6.84. The monoisotopic (exact) mass is 270 g/mol. The highest BCUT2D eigenvalue weighted by Crippen LogP contribution is 2.16. The zero-order valence-corrected chi connectivity index (χ0v) is 11.6. The van der Waals surface area contributed by atoms with Gasteiger partial charge in [-0.1, -0.05) is 19.1 Å². The minimum Gasteiger partial charge on any atom is -0.354 e. The molecule has 0 aliphatic rings. The van der Waals surface area contributed by atoms with Crippen molar-refractivity contribution >= 4 is 16.9 Å². The number of benzene rings is 1. The van der Waals surface area contributed by atoms with Gasteiger partial charge in [0.05, 0.1) is 23.5 Å². The number of amides is 1. The summed E-state index contributed by atoms with van der Waals surface area (Å²) in [5.41, 5.74) is 1.90. The van der Waals surface area contributed by atoms with Gasteiger partial charge in [-0.2, -0.15) is 5.26 Å². The zero-order chi connectivity index (χ0) is 14.4. The summed E-state index contributed by atoms with van der Waals surface area (Å²) in [6, 6.07) is 9.84. The van der Waals surface area contributed by atoms with Crippen LogP contribution in [0.5, 0.6) is 0 Å². The number of fused-ring (bicyclic) bond motifs is 1. The van der Waals surface area contributed by atoms with E-state index >= 15 is 0 Å². The number of nitrogens with zero attached hydrogens (tertiary/aromatic N) is 3. The van der Waals surface area contributed by atoms with Crippen molar-refractivity contribution in [3.63, 3.8) is 0 Å². The van der Waals surface area contributed by atoms with Crippen LogP contribution in [0.3, 0.4) is 0 Å². The van der Waals surface area contributed by atoms with Gasteiger partial charge in [-0.15, -0.1) is 0 Å². The number of nitrogens with one attached hydrogen (secondary N) is 1. The van der Waals surface area contributed by atoms with Gasteiger partial charge in [0.1, 0.15) is 12.4 Å². The molecule has 0 unspecified atom stereocenters. The minimum absolute atomic E-state index is 0.0826. The minimum atomic E-state index is -0.0826. The maximum absolute atomic E-state index is 11.9. The van der Waals surface area contributed by atoms with Crippen molar-refractivity contribution in [2.24, 2.45) is 0 Å². The maximum Gasteiger partial charge on any atom is 0.240 e. The summed E-state index contributed by atoms with van der Waals surface area (Å²) in [6.07, 6.45) is 2.16. The first-order chi connectivity index (χ1) is 9.76. The topological polar surface area (TPSA) is 70.7 Å². The highest BCUT2D eigenvalue weighted by molar-refractivity contribution is 5.81. The molecule has 0 aliphatic heterocycles. The quantitative estimate of drug-likeness (QED) is 0.816. The number of hydrogen-bond acceptors (Lipinski definition) is 3. The second kappa shape index (κ2) is 6.71. The van der Waals surface area contributed by atoms with Gasteiger partial charge >= 0.3 is 0 Å². The van der Waals surface area contributed by atoms with Gasteiger partial charge in [0.15, 0.2) is 0 Å².